The van der Waals surface area contributed by atoms with Crippen molar-refractivity contribution in [1.82, 2.24) is 10.6 Å². The Morgan fingerprint density at radius 2 is 1.58 bits per heavy atom. The lowest BCUT2D eigenvalue weighted by atomic mass is 10.0. The Morgan fingerprint density at radius 3 is 2.13 bits per heavy atom. The number of nitrogens with one attached hydrogen (secondary N) is 2. The zero-order valence-corrected chi connectivity index (χ0v) is 18.7. The first-order valence-electron chi connectivity index (χ1n) is 9.68. The van der Waals surface area contributed by atoms with Gasteiger partial charge in [-0.05, 0) is 29.2 Å². The molecule has 0 aromatic heterocycles. The van der Waals surface area contributed by atoms with Crippen LogP contribution in [0.1, 0.15) is 25.0 Å². The van der Waals surface area contributed by atoms with Gasteiger partial charge in [0.2, 0.25) is 11.8 Å². The number of primary amides is 1. The summed E-state index contributed by atoms with van der Waals surface area (Å²) in [6.07, 6.45) is -0.731. The largest absolute Gasteiger partial charge is 0.445 e. The van der Waals surface area contributed by atoms with E-state index in [9.17, 15) is 14.4 Å². The molecule has 0 aliphatic rings. The Bertz CT molecular complexity index is 902. The van der Waals surface area contributed by atoms with E-state index in [0.29, 0.717) is 15.6 Å². The van der Waals surface area contributed by atoms with Crippen LogP contribution in [-0.2, 0) is 27.4 Å². The Labute approximate surface area is 191 Å². The number of benzene rings is 2. The first kappa shape index (κ1) is 24.5. The average Bonchev–Trinajstić information content (AvgIpc) is 2.72. The van der Waals surface area contributed by atoms with Crippen molar-refractivity contribution in [3.8, 4) is 0 Å². The maximum atomic E-state index is 12.8. The molecule has 4 N–H and O–H groups in total. The van der Waals surface area contributed by atoms with E-state index in [2.05, 4.69) is 10.6 Å². The van der Waals surface area contributed by atoms with E-state index < -0.39 is 30.0 Å². The molecule has 2 aromatic carbocycles. The number of hydrogen-bond acceptors (Lipinski definition) is 4. The lowest BCUT2D eigenvalue weighted by Gasteiger charge is -2.24. The predicted octanol–water partition coefficient (Wildman–Crippen LogP) is 3.46. The summed E-state index contributed by atoms with van der Waals surface area (Å²) >= 11 is 12.3. The zero-order valence-electron chi connectivity index (χ0n) is 17.2. The average molecular weight is 466 g/mol. The van der Waals surface area contributed by atoms with E-state index >= 15 is 0 Å². The number of amides is 3. The molecular weight excluding hydrogens is 441 g/mol. The SMILES string of the molecule is CC(C)[C@@H](NC(=O)OCc1ccccc1)C(=O)N[C@@H](Cc1c(Cl)cccc1Cl)C(N)=O. The summed E-state index contributed by atoms with van der Waals surface area (Å²) in [5, 5.41) is 5.83. The Morgan fingerprint density at radius 1 is 0.968 bits per heavy atom. The minimum absolute atomic E-state index is 0.0167. The van der Waals surface area contributed by atoms with Crippen LogP contribution in [0.2, 0.25) is 10.0 Å². The number of ether oxygens (including phenoxy) is 1. The Kier molecular flexibility index (Phi) is 9.15. The number of carbonyl (C=O) groups excluding carboxylic acids is 3. The molecule has 0 saturated carbocycles. The van der Waals surface area contributed by atoms with E-state index in [1.807, 2.05) is 30.3 Å². The van der Waals surface area contributed by atoms with Crippen molar-refractivity contribution in [3.63, 3.8) is 0 Å². The minimum Gasteiger partial charge on any atom is -0.445 e. The molecule has 0 unspecified atom stereocenters. The summed E-state index contributed by atoms with van der Waals surface area (Å²) in [6, 6.07) is 12.1. The van der Waals surface area contributed by atoms with Crippen molar-refractivity contribution in [2.24, 2.45) is 11.7 Å². The molecular formula is C22H25Cl2N3O4. The smallest absolute Gasteiger partial charge is 0.408 e. The third-order valence-corrected chi connectivity index (χ3v) is 5.27. The maximum Gasteiger partial charge on any atom is 0.408 e. The van der Waals surface area contributed by atoms with Gasteiger partial charge in [0, 0.05) is 16.5 Å². The van der Waals surface area contributed by atoms with Crippen LogP contribution in [0.3, 0.4) is 0 Å². The van der Waals surface area contributed by atoms with Gasteiger partial charge in [0.15, 0.2) is 0 Å². The van der Waals surface area contributed by atoms with Crippen LogP contribution in [0.4, 0.5) is 4.79 Å². The van der Waals surface area contributed by atoms with Gasteiger partial charge in [-0.25, -0.2) is 4.79 Å². The van der Waals surface area contributed by atoms with E-state index in [4.69, 9.17) is 33.7 Å². The van der Waals surface area contributed by atoms with Crippen molar-refractivity contribution in [2.45, 2.75) is 39.0 Å². The lowest BCUT2D eigenvalue weighted by molar-refractivity contribution is -0.129. The molecule has 7 nitrogen and oxygen atoms in total. The van der Waals surface area contributed by atoms with E-state index in [0.717, 1.165) is 5.56 Å². The van der Waals surface area contributed by atoms with E-state index in [1.54, 1.807) is 32.0 Å². The first-order chi connectivity index (χ1) is 14.7. The molecule has 0 fully saturated rings. The van der Waals surface area contributed by atoms with Gasteiger partial charge in [0.25, 0.3) is 0 Å². The number of alkyl carbamates (subject to hydrolysis) is 1. The molecule has 0 radical (unpaired) electrons. The molecule has 9 heteroatoms. The van der Waals surface area contributed by atoms with E-state index in [-0.39, 0.29) is 18.9 Å². The maximum absolute atomic E-state index is 12.8. The molecule has 0 heterocycles. The second-order valence-electron chi connectivity index (χ2n) is 7.30. The van der Waals surface area contributed by atoms with Gasteiger partial charge in [-0.1, -0.05) is 73.4 Å². The van der Waals surface area contributed by atoms with Crippen LogP contribution < -0.4 is 16.4 Å². The minimum atomic E-state index is -1.06. The first-order valence-corrected chi connectivity index (χ1v) is 10.4. The second kappa shape index (κ2) is 11.6. The normalized spacial score (nSPS) is 12.7. The summed E-state index contributed by atoms with van der Waals surface area (Å²) < 4.78 is 5.18. The standard InChI is InChI=1S/C22H25Cl2N3O4/c1-13(2)19(27-22(30)31-12-14-7-4-3-5-8-14)21(29)26-18(20(25)28)11-15-16(23)9-6-10-17(15)24/h3-10,13,18-19H,11-12H2,1-2H3,(H2,25,28)(H,26,29)(H,27,30)/t18-,19+/m0/s1. The van der Waals surface area contributed by atoms with Gasteiger partial charge in [0.05, 0.1) is 0 Å². The molecule has 0 aliphatic carbocycles. The molecule has 0 saturated heterocycles. The molecule has 166 valence electrons. The van der Waals surface area contributed by atoms with Crippen molar-refractivity contribution < 1.29 is 19.1 Å². The van der Waals surface area contributed by atoms with Gasteiger partial charge in [-0.15, -0.1) is 0 Å². The Hall–Kier alpha value is -2.77. The van der Waals surface area contributed by atoms with Gasteiger partial charge in [0.1, 0.15) is 18.7 Å². The third-order valence-electron chi connectivity index (χ3n) is 4.57. The molecule has 0 aliphatic heterocycles. The van der Waals surface area contributed by atoms with Gasteiger partial charge < -0.3 is 21.1 Å². The molecule has 31 heavy (non-hydrogen) atoms. The number of hydrogen-bond donors (Lipinski definition) is 3. The molecule has 0 bridgehead atoms. The fourth-order valence-electron chi connectivity index (χ4n) is 2.84. The highest BCUT2D eigenvalue weighted by Gasteiger charge is 2.29. The third kappa shape index (κ3) is 7.45. The summed E-state index contributed by atoms with van der Waals surface area (Å²) in [6.45, 7) is 3.58. The molecule has 2 atom stereocenters. The molecule has 2 rings (SSSR count). The fraction of sp³-hybridized carbons (Fsp3) is 0.318. The van der Waals surface area contributed by atoms with Gasteiger partial charge >= 0.3 is 6.09 Å². The number of halogens is 2. The molecule has 2 aromatic rings. The number of nitrogens with two attached hydrogens (primary N) is 1. The summed E-state index contributed by atoms with van der Waals surface area (Å²) in [5.41, 5.74) is 6.78. The zero-order chi connectivity index (χ0) is 23.0. The topological polar surface area (TPSA) is 111 Å². The lowest BCUT2D eigenvalue weighted by Crippen LogP contribution is -2.55. The molecule has 0 spiro atoms. The summed E-state index contributed by atoms with van der Waals surface area (Å²) in [5.74, 6) is -1.60. The van der Waals surface area contributed by atoms with Crippen LogP contribution in [0.15, 0.2) is 48.5 Å². The summed E-state index contributed by atoms with van der Waals surface area (Å²) in [4.78, 5) is 37.0. The molecule has 3 amide bonds. The van der Waals surface area contributed by atoms with Crippen LogP contribution in [0.25, 0.3) is 0 Å². The van der Waals surface area contributed by atoms with Crippen LogP contribution in [0, 0.1) is 5.92 Å². The highest BCUT2D eigenvalue weighted by molar-refractivity contribution is 6.36. The van der Waals surface area contributed by atoms with Crippen molar-refractivity contribution in [3.05, 3.63) is 69.7 Å². The highest BCUT2D eigenvalue weighted by atomic mass is 35.5. The predicted molar refractivity (Wildman–Crippen MR) is 120 cm³/mol. The monoisotopic (exact) mass is 465 g/mol. The van der Waals surface area contributed by atoms with Crippen molar-refractivity contribution >= 4 is 41.1 Å². The quantitative estimate of drug-likeness (QED) is 0.526. The second-order valence-corrected chi connectivity index (χ2v) is 8.11. The van der Waals surface area contributed by atoms with Gasteiger partial charge in [-0.2, -0.15) is 0 Å². The van der Waals surface area contributed by atoms with Crippen LogP contribution >= 0.6 is 23.2 Å². The Balaban J connectivity index is 2.03. The van der Waals surface area contributed by atoms with Crippen molar-refractivity contribution in [1.29, 1.82) is 0 Å². The highest BCUT2D eigenvalue weighted by Crippen LogP contribution is 2.25. The van der Waals surface area contributed by atoms with Crippen molar-refractivity contribution in [2.75, 3.05) is 0 Å². The van der Waals surface area contributed by atoms with Gasteiger partial charge in [-0.3, -0.25) is 9.59 Å². The summed E-state index contributed by atoms with van der Waals surface area (Å²) in [7, 11) is 0. The van der Waals surface area contributed by atoms with Crippen LogP contribution in [0.5, 0.6) is 0 Å². The number of rotatable bonds is 9. The van der Waals surface area contributed by atoms with E-state index in [1.165, 1.54) is 0 Å². The van der Waals surface area contributed by atoms with Crippen LogP contribution in [-0.4, -0.2) is 30.0 Å². The fourth-order valence-corrected chi connectivity index (χ4v) is 3.39. The number of carbonyl (C=O) groups is 3.